The summed E-state index contributed by atoms with van der Waals surface area (Å²) in [5.74, 6) is -0.324. The summed E-state index contributed by atoms with van der Waals surface area (Å²) in [7, 11) is 0. The zero-order valence-corrected chi connectivity index (χ0v) is 38.9. The van der Waals surface area contributed by atoms with Crippen LogP contribution in [0.5, 0.6) is 0 Å². The lowest BCUT2D eigenvalue weighted by Gasteiger charge is -2.25. The van der Waals surface area contributed by atoms with Gasteiger partial charge in [0, 0.05) is 67.1 Å². The fourth-order valence-corrected chi connectivity index (χ4v) is 10.5. The number of carbonyl (C=O) groups is 1. The van der Waals surface area contributed by atoms with Crippen LogP contribution in [0.3, 0.4) is 0 Å². The quantitative estimate of drug-likeness (QED) is 0.0814. The molecule has 330 valence electrons. The van der Waals surface area contributed by atoms with E-state index in [0.717, 1.165) is 109 Å². The molecular formula is C59H45N5O2S2. The maximum Gasteiger partial charge on any atom is 0.346 e. The van der Waals surface area contributed by atoms with Gasteiger partial charge in [-0.05, 0) is 137 Å². The number of benzene rings is 7. The highest BCUT2D eigenvalue weighted by Gasteiger charge is 2.23. The molecule has 0 atom stereocenters. The van der Waals surface area contributed by atoms with E-state index in [9.17, 15) is 15.2 Å². The molecule has 1 N–H and O–H groups in total. The number of nitrogens with zero attached hydrogens (tertiary/aromatic N) is 5. The Bertz CT molecular complexity index is 3330. The van der Waals surface area contributed by atoms with Crippen LogP contribution in [0.2, 0.25) is 0 Å². The molecule has 0 fully saturated rings. The summed E-state index contributed by atoms with van der Waals surface area (Å²) in [6.45, 7) is 3.01. The summed E-state index contributed by atoms with van der Waals surface area (Å²) >= 11 is 3.10. The highest BCUT2D eigenvalue weighted by Crippen LogP contribution is 2.44. The van der Waals surface area contributed by atoms with Crippen LogP contribution in [-0.4, -0.2) is 20.6 Å². The Morgan fingerprint density at radius 1 is 0.603 bits per heavy atom. The number of anilines is 6. The lowest BCUT2D eigenvalue weighted by atomic mass is 9.99. The molecule has 68 heavy (non-hydrogen) atoms. The van der Waals surface area contributed by atoms with E-state index in [1.807, 2.05) is 35.7 Å². The Morgan fingerprint density at radius 2 is 1.07 bits per heavy atom. The molecule has 0 aliphatic rings. The Hall–Kier alpha value is -8.29. The van der Waals surface area contributed by atoms with E-state index >= 15 is 0 Å². The number of unbranched alkanes of at least 4 members (excludes halogenated alkanes) is 1. The second kappa shape index (κ2) is 19.7. The molecule has 3 aromatic heterocycles. The van der Waals surface area contributed by atoms with E-state index in [0.29, 0.717) is 4.88 Å². The topological polar surface area (TPSA) is 85.4 Å². The van der Waals surface area contributed by atoms with Gasteiger partial charge in [0.05, 0.1) is 11.0 Å². The molecule has 0 amide bonds. The van der Waals surface area contributed by atoms with Gasteiger partial charge in [0.15, 0.2) is 0 Å². The number of hydrogen-bond acceptors (Lipinski definition) is 7. The van der Waals surface area contributed by atoms with Crippen molar-refractivity contribution in [2.24, 2.45) is 0 Å². The highest BCUT2D eigenvalue weighted by atomic mass is 32.1. The number of carboxylic acids is 1. The minimum absolute atomic E-state index is 0.290. The molecule has 0 spiro atoms. The Morgan fingerprint density at radius 3 is 1.57 bits per heavy atom. The van der Waals surface area contributed by atoms with E-state index < -0.39 is 5.97 Å². The predicted octanol–water partition coefficient (Wildman–Crippen LogP) is 16.6. The van der Waals surface area contributed by atoms with Crippen molar-refractivity contribution < 1.29 is 9.90 Å². The number of hydrogen-bond donors (Lipinski definition) is 1. The molecule has 7 nitrogen and oxygen atoms in total. The zero-order chi connectivity index (χ0) is 46.4. The summed E-state index contributed by atoms with van der Waals surface area (Å²) in [5.41, 5.74) is 14.4. The van der Waals surface area contributed by atoms with Gasteiger partial charge in [-0.1, -0.05) is 110 Å². The molecule has 0 aliphatic carbocycles. The molecule has 10 aromatic rings. The van der Waals surface area contributed by atoms with Gasteiger partial charge in [-0.2, -0.15) is 5.26 Å². The Balaban J connectivity index is 1.11. The summed E-state index contributed by atoms with van der Waals surface area (Å²) in [4.78, 5) is 23.6. The van der Waals surface area contributed by atoms with Crippen molar-refractivity contribution in [3.05, 3.63) is 215 Å². The van der Waals surface area contributed by atoms with Crippen LogP contribution in [0.15, 0.2) is 210 Å². The second-order valence-electron chi connectivity index (χ2n) is 16.3. The summed E-state index contributed by atoms with van der Waals surface area (Å²) < 4.78 is 2.42. The van der Waals surface area contributed by atoms with Crippen molar-refractivity contribution in [1.82, 2.24) is 9.55 Å². The van der Waals surface area contributed by atoms with E-state index in [2.05, 4.69) is 190 Å². The molecular weight excluding hydrogens is 875 g/mol. The average Bonchev–Trinajstić information content (AvgIpc) is 4.17. The second-order valence-corrected chi connectivity index (χ2v) is 18.2. The lowest BCUT2D eigenvalue weighted by molar-refractivity contribution is -0.132. The van der Waals surface area contributed by atoms with E-state index in [-0.39, 0.29) is 5.57 Å². The Kier molecular flexibility index (Phi) is 12.6. The van der Waals surface area contributed by atoms with Crippen LogP contribution in [0.25, 0.3) is 61.2 Å². The maximum atomic E-state index is 11.6. The van der Waals surface area contributed by atoms with Crippen LogP contribution in [-0.2, 0) is 11.3 Å². The fraction of sp³-hybridized carbons (Fsp3) is 0.0678. The van der Waals surface area contributed by atoms with E-state index in [1.54, 1.807) is 17.4 Å². The third-order valence-corrected chi connectivity index (χ3v) is 13.8. The summed E-state index contributed by atoms with van der Waals surface area (Å²) in [6.07, 6.45) is 3.42. The van der Waals surface area contributed by atoms with Gasteiger partial charge in [0.1, 0.15) is 17.5 Å². The van der Waals surface area contributed by atoms with Gasteiger partial charge in [-0.15, -0.1) is 22.7 Å². The molecule has 0 unspecified atom stereocenters. The minimum atomic E-state index is -1.23. The van der Waals surface area contributed by atoms with Crippen molar-refractivity contribution >= 4 is 79.9 Å². The fourth-order valence-electron chi connectivity index (χ4n) is 8.67. The Labute approximate surface area is 404 Å². The van der Waals surface area contributed by atoms with Gasteiger partial charge in [-0.25, -0.2) is 9.78 Å². The minimum Gasteiger partial charge on any atom is -0.477 e. The number of rotatable bonds is 15. The molecule has 7 aromatic carbocycles. The molecule has 3 heterocycles. The summed E-state index contributed by atoms with van der Waals surface area (Å²) in [6, 6.07) is 69.8. The normalized spacial score (nSPS) is 11.4. The van der Waals surface area contributed by atoms with Gasteiger partial charge < -0.3 is 19.5 Å². The van der Waals surface area contributed by atoms with Gasteiger partial charge in [-0.3, -0.25) is 0 Å². The number of thiophene rings is 2. The standard InChI is InChI=1S/C59H45N5O2S2/c1-2-3-34-62-57-54(55-37-45(40-68-55)44-36-52(67-39-44)35-43(38-60)59(65)66)33-32-53(41-24-28-50(29-25-41)63(46-16-8-4-9-17-46)47-18-10-5-11-19-47)56(57)61-58(62)42-26-30-51(31-27-42)64(48-20-12-6-13-21-48)49-22-14-7-15-23-49/h4-33,35-37,39-40H,2-3,34H2,1H3,(H,65,66)/b43-35-. The number of para-hydroxylation sites is 4. The number of aryl methyl sites for hydroxylation is 1. The largest absolute Gasteiger partial charge is 0.477 e. The highest BCUT2D eigenvalue weighted by molar-refractivity contribution is 7.14. The van der Waals surface area contributed by atoms with Crippen molar-refractivity contribution in [3.63, 3.8) is 0 Å². The SMILES string of the molecule is CCCCn1c(-c2ccc(N(c3ccccc3)c3ccccc3)cc2)nc2c(-c3ccc(N(c4ccccc4)c4ccccc4)cc3)ccc(-c3cc(-c4csc(/C=C(/C#N)C(=O)O)c4)cs3)c21. The number of carboxylic acid groups (broad SMARTS) is 1. The van der Waals surface area contributed by atoms with Crippen LogP contribution < -0.4 is 9.80 Å². The number of nitriles is 1. The molecule has 0 bridgehead atoms. The van der Waals surface area contributed by atoms with Crippen LogP contribution in [0.4, 0.5) is 34.1 Å². The molecule has 0 saturated heterocycles. The summed E-state index contributed by atoms with van der Waals surface area (Å²) in [5, 5.41) is 23.0. The first-order chi connectivity index (χ1) is 33.5. The molecule has 0 saturated carbocycles. The van der Waals surface area contributed by atoms with Gasteiger partial charge in [0.2, 0.25) is 0 Å². The molecule has 9 heteroatoms. The molecule has 0 aliphatic heterocycles. The number of aliphatic carboxylic acids is 1. The first-order valence-corrected chi connectivity index (χ1v) is 24.3. The third-order valence-electron chi connectivity index (χ3n) is 12.0. The zero-order valence-electron chi connectivity index (χ0n) is 37.2. The van der Waals surface area contributed by atoms with Crippen molar-refractivity contribution in [3.8, 4) is 50.2 Å². The number of imidazole rings is 1. The molecule has 0 radical (unpaired) electrons. The number of aromatic nitrogens is 2. The first kappa shape index (κ1) is 43.6. The van der Waals surface area contributed by atoms with Crippen molar-refractivity contribution in [1.29, 1.82) is 5.26 Å². The van der Waals surface area contributed by atoms with E-state index in [1.165, 1.54) is 17.4 Å². The number of fused-ring (bicyclic) bond motifs is 1. The molecule has 10 rings (SSSR count). The van der Waals surface area contributed by atoms with Gasteiger partial charge >= 0.3 is 5.97 Å². The van der Waals surface area contributed by atoms with Crippen LogP contribution in [0, 0.1) is 11.3 Å². The lowest BCUT2D eigenvalue weighted by Crippen LogP contribution is -2.09. The van der Waals surface area contributed by atoms with Crippen LogP contribution >= 0.6 is 22.7 Å². The third kappa shape index (κ3) is 8.86. The average molecular weight is 920 g/mol. The predicted molar refractivity (Wildman–Crippen MR) is 283 cm³/mol. The van der Waals surface area contributed by atoms with E-state index in [4.69, 9.17) is 4.98 Å². The monoisotopic (exact) mass is 919 g/mol. The van der Waals surface area contributed by atoms with Crippen LogP contribution in [0.1, 0.15) is 24.6 Å². The van der Waals surface area contributed by atoms with Gasteiger partial charge in [0.25, 0.3) is 0 Å². The van der Waals surface area contributed by atoms with Crippen molar-refractivity contribution in [2.45, 2.75) is 26.3 Å². The van der Waals surface area contributed by atoms with Crippen molar-refractivity contribution in [2.75, 3.05) is 9.80 Å². The first-order valence-electron chi connectivity index (χ1n) is 22.5. The maximum absolute atomic E-state index is 11.6. The smallest absolute Gasteiger partial charge is 0.346 e.